The summed E-state index contributed by atoms with van der Waals surface area (Å²) >= 11 is 5.99. The minimum Gasteiger partial charge on any atom is -0.475 e. The summed E-state index contributed by atoms with van der Waals surface area (Å²) < 4.78 is 5.50. The van der Waals surface area contributed by atoms with Crippen molar-refractivity contribution in [3.8, 4) is 17.1 Å². The predicted octanol–water partition coefficient (Wildman–Crippen LogP) is 3.84. The number of nitrogens with zero attached hydrogens (tertiary/aromatic N) is 2. The summed E-state index contributed by atoms with van der Waals surface area (Å²) in [5, 5.41) is 10.4. The highest BCUT2D eigenvalue weighted by Gasteiger charge is 2.11. The lowest BCUT2D eigenvalue weighted by atomic mass is 10.1. The van der Waals surface area contributed by atoms with Gasteiger partial charge in [0.05, 0.1) is 11.8 Å². The molecule has 3 rings (SSSR count). The van der Waals surface area contributed by atoms with E-state index in [0.29, 0.717) is 28.8 Å². The van der Waals surface area contributed by atoms with Crippen LogP contribution in [0.2, 0.25) is 5.02 Å². The largest absolute Gasteiger partial charge is 0.475 e. The van der Waals surface area contributed by atoms with Gasteiger partial charge in [-0.05, 0) is 37.6 Å². The minimum absolute atomic E-state index is 0.0714. The predicted molar refractivity (Wildman–Crippen MR) is 100 cm³/mol. The van der Waals surface area contributed by atoms with E-state index in [2.05, 4.69) is 20.5 Å². The highest BCUT2D eigenvalue weighted by molar-refractivity contribution is 6.30. The molecule has 0 bridgehead atoms. The van der Waals surface area contributed by atoms with Crippen molar-refractivity contribution in [1.29, 1.82) is 0 Å². The maximum Gasteiger partial charge on any atom is 0.269 e. The number of rotatable bonds is 6. The zero-order valence-corrected chi connectivity index (χ0v) is 15.2. The SMILES string of the molecule is CC(C)Oc1ccc(CNC(=O)c2cc(-c3cccc(Cl)c3)n[nH]2)cn1. The van der Waals surface area contributed by atoms with Gasteiger partial charge in [-0.3, -0.25) is 9.89 Å². The van der Waals surface area contributed by atoms with Crippen molar-refractivity contribution in [3.05, 3.63) is 64.9 Å². The molecule has 0 aliphatic carbocycles. The third kappa shape index (κ3) is 4.61. The van der Waals surface area contributed by atoms with Crippen LogP contribution in [0.1, 0.15) is 29.9 Å². The van der Waals surface area contributed by atoms with Crippen molar-refractivity contribution in [2.24, 2.45) is 0 Å². The van der Waals surface area contributed by atoms with Crippen LogP contribution in [-0.2, 0) is 6.54 Å². The molecule has 0 atom stereocenters. The van der Waals surface area contributed by atoms with Gasteiger partial charge >= 0.3 is 0 Å². The minimum atomic E-state index is -0.242. The molecule has 3 aromatic rings. The molecule has 2 heterocycles. The highest BCUT2D eigenvalue weighted by Crippen LogP contribution is 2.21. The summed E-state index contributed by atoms with van der Waals surface area (Å²) in [5.74, 6) is 0.322. The summed E-state index contributed by atoms with van der Waals surface area (Å²) in [5.41, 5.74) is 2.77. The van der Waals surface area contributed by atoms with Gasteiger partial charge in [-0.1, -0.05) is 29.8 Å². The number of carbonyl (C=O) groups is 1. The average Bonchev–Trinajstić information content (AvgIpc) is 3.11. The molecule has 0 fully saturated rings. The van der Waals surface area contributed by atoms with Crippen molar-refractivity contribution < 1.29 is 9.53 Å². The molecule has 6 nitrogen and oxygen atoms in total. The number of H-pyrrole nitrogens is 1. The summed E-state index contributed by atoms with van der Waals surface area (Å²) in [6.45, 7) is 4.25. The summed E-state index contributed by atoms with van der Waals surface area (Å²) in [6, 6.07) is 12.7. The van der Waals surface area contributed by atoms with E-state index in [1.165, 1.54) is 0 Å². The molecule has 2 N–H and O–H groups in total. The van der Waals surface area contributed by atoms with Crippen molar-refractivity contribution in [2.75, 3.05) is 0 Å². The quantitative estimate of drug-likeness (QED) is 0.690. The normalized spacial score (nSPS) is 10.8. The number of aromatic amines is 1. The van der Waals surface area contributed by atoms with Gasteiger partial charge in [-0.25, -0.2) is 4.98 Å². The Kier molecular flexibility index (Phi) is 5.53. The second-order valence-electron chi connectivity index (χ2n) is 6.03. The van der Waals surface area contributed by atoms with E-state index in [1.54, 1.807) is 30.5 Å². The molecule has 0 aliphatic rings. The molecule has 2 aromatic heterocycles. The number of ether oxygens (including phenoxy) is 1. The fourth-order valence-corrected chi connectivity index (χ4v) is 2.53. The first kappa shape index (κ1) is 17.9. The maximum absolute atomic E-state index is 12.3. The van der Waals surface area contributed by atoms with Gasteiger partial charge in [0.2, 0.25) is 5.88 Å². The molecule has 0 unspecified atom stereocenters. The van der Waals surface area contributed by atoms with Crippen LogP contribution >= 0.6 is 11.6 Å². The van der Waals surface area contributed by atoms with Crippen molar-refractivity contribution in [3.63, 3.8) is 0 Å². The van der Waals surface area contributed by atoms with E-state index in [1.807, 2.05) is 32.0 Å². The molecule has 0 saturated heterocycles. The Balaban J connectivity index is 1.60. The summed E-state index contributed by atoms with van der Waals surface area (Å²) in [7, 11) is 0. The Hall–Kier alpha value is -2.86. The van der Waals surface area contributed by atoms with E-state index >= 15 is 0 Å². The fourth-order valence-electron chi connectivity index (χ4n) is 2.34. The second-order valence-corrected chi connectivity index (χ2v) is 6.47. The van der Waals surface area contributed by atoms with E-state index in [0.717, 1.165) is 11.1 Å². The lowest BCUT2D eigenvalue weighted by molar-refractivity contribution is 0.0946. The van der Waals surface area contributed by atoms with Crippen molar-refractivity contribution in [2.45, 2.75) is 26.5 Å². The van der Waals surface area contributed by atoms with Gasteiger partial charge in [0.1, 0.15) is 5.69 Å². The Bertz CT molecular complexity index is 891. The zero-order chi connectivity index (χ0) is 18.5. The molecule has 0 aliphatic heterocycles. The molecule has 0 radical (unpaired) electrons. The first-order valence-corrected chi connectivity index (χ1v) is 8.60. The van der Waals surface area contributed by atoms with Crippen LogP contribution in [0.5, 0.6) is 5.88 Å². The number of aromatic nitrogens is 3. The van der Waals surface area contributed by atoms with Crippen LogP contribution < -0.4 is 10.1 Å². The van der Waals surface area contributed by atoms with E-state index in [4.69, 9.17) is 16.3 Å². The van der Waals surface area contributed by atoms with Gasteiger partial charge < -0.3 is 10.1 Å². The first-order valence-electron chi connectivity index (χ1n) is 8.22. The highest BCUT2D eigenvalue weighted by atomic mass is 35.5. The molecule has 0 spiro atoms. The topological polar surface area (TPSA) is 79.9 Å². The van der Waals surface area contributed by atoms with Crippen LogP contribution in [0.25, 0.3) is 11.3 Å². The molecular formula is C19H19ClN4O2. The number of benzene rings is 1. The number of halogens is 1. The van der Waals surface area contributed by atoms with E-state index in [9.17, 15) is 4.79 Å². The molecular weight excluding hydrogens is 352 g/mol. The number of pyridine rings is 1. The molecule has 0 saturated carbocycles. The molecule has 7 heteroatoms. The molecule has 1 aromatic carbocycles. The van der Waals surface area contributed by atoms with Gasteiger partial charge in [0, 0.05) is 29.4 Å². The Morgan fingerprint density at radius 3 is 2.81 bits per heavy atom. The van der Waals surface area contributed by atoms with E-state index < -0.39 is 0 Å². The number of hydrogen-bond acceptors (Lipinski definition) is 4. The van der Waals surface area contributed by atoms with Crippen LogP contribution in [0.15, 0.2) is 48.7 Å². The van der Waals surface area contributed by atoms with E-state index in [-0.39, 0.29) is 12.0 Å². The third-order valence-electron chi connectivity index (χ3n) is 3.55. The van der Waals surface area contributed by atoms with Crippen molar-refractivity contribution in [1.82, 2.24) is 20.5 Å². The maximum atomic E-state index is 12.3. The third-order valence-corrected chi connectivity index (χ3v) is 3.79. The number of amides is 1. The standard InChI is InChI=1S/C19H19ClN4O2/c1-12(2)26-18-7-6-13(10-21-18)11-22-19(25)17-9-16(23-24-17)14-4-3-5-15(20)8-14/h3-10,12H,11H2,1-2H3,(H,22,25)(H,23,24). The lowest BCUT2D eigenvalue weighted by Crippen LogP contribution is -2.23. The Morgan fingerprint density at radius 1 is 1.27 bits per heavy atom. The lowest BCUT2D eigenvalue weighted by Gasteiger charge is -2.09. The van der Waals surface area contributed by atoms with Crippen LogP contribution in [-0.4, -0.2) is 27.2 Å². The molecule has 134 valence electrons. The van der Waals surface area contributed by atoms with Gasteiger partial charge in [0.15, 0.2) is 0 Å². The van der Waals surface area contributed by atoms with Crippen LogP contribution in [0, 0.1) is 0 Å². The monoisotopic (exact) mass is 370 g/mol. The van der Waals surface area contributed by atoms with Crippen LogP contribution in [0.3, 0.4) is 0 Å². The Labute approximate surface area is 156 Å². The first-order chi connectivity index (χ1) is 12.5. The second kappa shape index (κ2) is 8.01. The summed E-state index contributed by atoms with van der Waals surface area (Å²) in [4.78, 5) is 16.5. The van der Waals surface area contributed by atoms with Gasteiger partial charge in [0.25, 0.3) is 5.91 Å². The zero-order valence-electron chi connectivity index (χ0n) is 14.5. The average molecular weight is 371 g/mol. The number of nitrogens with one attached hydrogen (secondary N) is 2. The van der Waals surface area contributed by atoms with Gasteiger partial charge in [-0.2, -0.15) is 5.10 Å². The number of carbonyl (C=O) groups excluding carboxylic acids is 1. The Morgan fingerprint density at radius 2 is 2.12 bits per heavy atom. The van der Waals surface area contributed by atoms with Gasteiger partial charge in [-0.15, -0.1) is 0 Å². The smallest absolute Gasteiger partial charge is 0.269 e. The number of hydrogen-bond donors (Lipinski definition) is 2. The van der Waals surface area contributed by atoms with Crippen LogP contribution in [0.4, 0.5) is 0 Å². The fraction of sp³-hybridized carbons (Fsp3) is 0.211. The molecule has 1 amide bonds. The van der Waals surface area contributed by atoms with Crippen molar-refractivity contribution >= 4 is 17.5 Å². The summed E-state index contributed by atoms with van der Waals surface area (Å²) in [6.07, 6.45) is 1.75. The molecule has 26 heavy (non-hydrogen) atoms.